The molecule has 0 aliphatic carbocycles. The van der Waals surface area contributed by atoms with Crippen LogP contribution in [0.1, 0.15) is 16.7 Å². The maximum atomic E-state index is 14.3. The van der Waals surface area contributed by atoms with E-state index >= 15 is 0 Å². The van der Waals surface area contributed by atoms with Gasteiger partial charge in [-0.05, 0) is 57.8 Å². The first kappa shape index (κ1) is 30.0. The zero-order valence-electron chi connectivity index (χ0n) is 25.4. The Morgan fingerprint density at radius 3 is 2.60 bits per heavy atom. The molecule has 2 saturated heterocycles. The van der Waals surface area contributed by atoms with Crippen LogP contribution in [0.2, 0.25) is 0 Å². The van der Waals surface area contributed by atoms with Crippen LogP contribution in [0, 0.1) is 17.1 Å². The second-order valence-corrected chi connectivity index (χ2v) is 11.7. The molecule has 0 bridgehead atoms. The van der Waals surface area contributed by atoms with Crippen LogP contribution in [0.25, 0.3) is 21.7 Å². The predicted octanol–water partition coefficient (Wildman–Crippen LogP) is 4.80. The molecule has 4 amide bonds. The van der Waals surface area contributed by atoms with E-state index in [4.69, 9.17) is 4.42 Å². The molecule has 11 heteroatoms. The normalized spacial score (nSPS) is 18.0. The molecular formula is C36H31FN6O4. The monoisotopic (exact) mass is 630 g/mol. The van der Waals surface area contributed by atoms with Gasteiger partial charge in [0.05, 0.1) is 25.4 Å². The van der Waals surface area contributed by atoms with Crippen LogP contribution in [0.5, 0.6) is 0 Å². The van der Waals surface area contributed by atoms with Crippen molar-refractivity contribution < 1.29 is 23.2 Å². The van der Waals surface area contributed by atoms with Gasteiger partial charge in [0.1, 0.15) is 30.2 Å². The summed E-state index contributed by atoms with van der Waals surface area (Å²) in [5.41, 5.74) is 3.22. The standard InChI is InChI=1S/C36H31FN6O4/c37-29-11-8-24(9-12-29)20-39-36(46)41(16-15-38)42-23-34(44)43-31(19-25-10-13-32-27(18-25)14-17-47-32)35(45)40(22-33(42)43)21-28-6-3-5-26-4-1-2-7-30(26)28/h1-14,17-18,31,33H,16,19-23H2,(H,39,46)/t31-,33+/m0/s1. The number of carbonyl (C=O) groups is 3. The molecule has 2 fully saturated rings. The van der Waals surface area contributed by atoms with Crippen molar-refractivity contribution in [3.05, 3.63) is 120 Å². The minimum atomic E-state index is -0.836. The van der Waals surface area contributed by atoms with Gasteiger partial charge in [0.2, 0.25) is 11.8 Å². The largest absolute Gasteiger partial charge is 0.464 e. The summed E-state index contributed by atoms with van der Waals surface area (Å²) in [4.78, 5) is 44.9. The Bertz CT molecular complexity index is 2020. The Morgan fingerprint density at radius 2 is 1.77 bits per heavy atom. The highest BCUT2D eigenvalue weighted by Gasteiger charge is 2.52. The smallest absolute Gasteiger partial charge is 0.333 e. The molecule has 0 saturated carbocycles. The molecule has 0 spiro atoms. The quantitative estimate of drug-likeness (QED) is 0.247. The molecule has 47 heavy (non-hydrogen) atoms. The lowest BCUT2D eigenvalue weighted by Crippen LogP contribution is -2.66. The molecule has 1 N–H and O–H groups in total. The van der Waals surface area contributed by atoms with Crippen LogP contribution >= 0.6 is 0 Å². The number of nitrogens with zero attached hydrogens (tertiary/aromatic N) is 5. The Labute approximate surface area is 270 Å². The number of benzene rings is 4. The van der Waals surface area contributed by atoms with Gasteiger partial charge >= 0.3 is 6.03 Å². The number of carbonyl (C=O) groups excluding carboxylic acids is 3. The molecule has 2 aliphatic rings. The summed E-state index contributed by atoms with van der Waals surface area (Å²) in [5, 5.41) is 18.3. The fourth-order valence-corrected chi connectivity index (χ4v) is 6.61. The van der Waals surface area contributed by atoms with Gasteiger partial charge in [-0.25, -0.2) is 14.2 Å². The van der Waals surface area contributed by atoms with Gasteiger partial charge in [-0.15, -0.1) is 0 Å². The molecule has 2 aliphatic heterocycles. The average Bonchev–Trinajstić information content (AvgIpc) is 3.68. The van der Waals surface area contributed by atoms with Crippen LogP contribution < -0.4 is 5.32 Å². The average molecular weight is 631 g/mol. The molecule has 236 valence electrons. The summed E-state index contributed by atoms with van der Waals surface area (Å²) in [6.07, 6.45) is 1.18. The van der Waals surface area contributed by atoms with Crippen LogP contribution in [0.15, 0.2) is 102 Å². The van der Waals surface area contributed by atoms with Gasteiger partial charge < -0.3 is 19.5 Å². The van der Waals surface area contributed by atoms with Crippen molar-refractivity contribution in [2.45, 2.75) is 31.7 Å². The van der Waals surface area contributed by atoms with E-state index < -0.39 is 18.2 Å². The lowest BCUT2D eigenvalue weighted by molar-refractivity contribution is -0.157. The van der Waals surface area contributed by atoms with E-state index in [1.54, 1.807) is 33.2 Å². The highest BCUT2D eigenvalue weighted by atomic mass is 19.1. The minimum absolute atomic E-state index is 0.0992. The predicted molar refractivity (Wildman–Crippen MR) is 171 cm³/mol. The van der Waals surface area contributed by atoms with Gasteiger partial charge in [0, 0.05) is 24.9 Å². The number of hydrogen-bond donors (Lipinski definition) is 1. The summed E-state index contributed by atoms with van der Waals surface area (Å²) in [7, 11) is 0. The number of amides is 4. The van der Waals surface area contributed by atoms with Crippen LogP contribution in [-0.4, -0.2) is 69.5 Å². The summed E-state index contributed by atoms with van der Waals surface area (Å²) in [6.45, 7) is 0.0496. The molecule has 4 aromatic carbocycles. The first-order valence-electron chi connectivity index (χ1n) is 15.4. The lowest BCUT2D eigenvalue weighted by Gasteiger charge is -2.46. The third kappa shape index (κ3) is 5.87. The number of fused-ring (bicyclic) bond motifs is 3. The Hall–Kier alpha value is -5.73. The highest BCUT2D eigenvalue weighted by Crippen LogP contribution is 2.32. The van der Waals surface area contributed by atoms with E-state index in [1.165, 1.54) is 17.1 Å². The SMILES string of the molecule is N#CCN(C(=O)NCc1ccc(F)cc1)N1CC(=O)N2[C@@H](Cc3ccc4occc4c3)C(=O)N(Cc3cccc4ccccc34)C[C@@H]21. The Morgan fingerprint density at radius 1 is 0.979 bits per heavy atom. The van der Waals surface area contributed by atoms with E-state index in [0.717, 1.165) is 32.9 Å². The minimum Gasteiger partial charge on any atom is -0.464 e. The molecule has 5 aromatic rings. The van der Waals surface area contributed by atoms with E-state index in [-0.39, 0.29) is 50.2 Å². The van der Waals surface area contributed by atoms with Crippen LogP contribution in [-0.2, 0) is 29.1 Å². The maximum absolute atomic E-state index is 14.3. The van der Waals surface area contributed by atoms with Crippen molar-refractivity contribution in [1.29, 1.82) is 5.26 Å². The number of halogens is 1. The Kier molecular flexibility index (Phi) is 8.01. The zero-order chi connectivity index (χ0) is 32.5. The van der Waals surface area contributed by atoms with Gasteiger partial charge in [-0.2, -0.15) is 10.3 Å². The molecule has 10 nitrogen and oxygen atoms in total. The Balaban J connectivity index is 1.21. The van der Waals surface area contributed by atoms with Crippen LogP contribution in [0.3, 0.4) is 0 Å². The van der Waals surface area contributed by atoms with Crippen molar-refractivity contribution in [2.24, 2.45) is 0 Å². The fourth-order valence-electron chi connectivity index (χ4n) is 6.61. The third-order valence-electron chi connectivity index (χ3n) is 8.88. The van der Waals surface area contributed by atoms with E-state index in [9.17, 15) is 24.0 Å². The number of hydrazine groups is 1. The molecule has 0 radical (unpaired) electrons. The van der Waals surface area contributed by atoms with Crippen molar-refractivity contribution in [3.8, 4) is 6.07 Å². The maximum Gasteiger partial charge on any atom is 0.333 e. The number of hydrogen-bond acceptors (Lipinski definition) is 6. The second kappa shape index (κ2) is 12.6. The van der Waals surface area contributed by atoms with Crippen molar-refractivity contribution >= 4 is 39.6 Å². The first-order valence-corrected chi connectivity index (χ1v) is 15.4. The molecule has 7 rings (SSSR count). The lowest BCUT2D eigenvalue weighted by atomic mass is 9.98. The van der Waals surface area contributed by atoms with Gasteiger partial charge in [-0.1, -0.05) is 60.7 Å². The van der Waals surface area contributed by atoms with Gasteiger partial charge in [-0.3, -0.25) is 9.59 Å². The number of furan rings is 1. The second-order valence-electron chi connectivity index (χ2n) is 11.7. The molecular weight excluding hydrogens is 599 g/mol. The van der Waals surface area contributed by atoms with Crippen molar-refractivity contribution in [3.63, 3.8) is 0 Å². The molecule has 3 heterocycles. The molecule has 2 atom stereocenters. The van der Waals surface area contributed by atoms with Crippen molar-refractivity contribution in [2.75, 3.05) is 19.6 Å². The summed E-state index contributed by atoms with van der Waals surface area (Å²) in [6, 6.07) is 27.9. The van der Waals surface area contributed by atoms with Gasteiger partial charge in [0.25, 0.3) is 0 Å². The number of nitrogens with one attached hydrogen (secondary N) is 1. The molecule has 0 unspecified atom stereocenters. The van der Waals surface area contributed by atoms with E-state index in [2.05, 4.69) is 5.32 Å². The topological polar surface area (TPSA) is 113 Å². The zero-order valence-corrected chi connectivity index (χ0v) is 25.4. The summed E-state index contributed by atoms with van der Waals surface area (Å²) in [5.74, 6) is -0.887. The molecule has 1 aromatic heterocycles. The fraction of sp³-hybridized carbons (Fsp3) is 0.222. The third-order valence-corrected chi connectivity index (χ3v) is 8.88. The van der Waals surface area contributed by atoms with Crippen LogP contribution in [0.4, 0.5) is 9.18 Å². The first-order chi connectivity index (χ1) is 22.9. The van der Waals surface area contributed by atoms with Gasteiger partial charge in [0.15, 0.2) is 0 Å². The number of piperazine rings is 1. The number of nitriles is 1. The van der Waals surface area contributed by atoms with E-state index in [0.29, 0.717) is 12.1 Å². The summed E-state index contributed by atoms with van der Waals surface area (Å²) >= 11 is 0. The summed E-state index contributed by atoms with van der Waals surface area (Å²) < 4.78 is 18.9. The number of urea groups is 1. The van der Waals surface area contributed by atoms with Crippen molar-refractivity contribution in [1.82, 2.24) is 25.1 Å². The van der Waals surface area contributed by atoms with E-state index in [1.807, 2.05) is 72.8 Å². The highest BCUT2D eigenvalue weighted by molar-refractivity contribution is 5.92. The number of rotatable bonds is 8.